The molecule has 1 aromatic carbocycles. The standard InChI is InChI=1S/C16H21N3O2.ClH/c20-15-6-3-7-19(15)11-13-5-2-1-4-12(13)10-18-16(21)14-8-17-9-14;/h1-2,4-5,14,17H,3,6-11H2,(H,18,21);1H. The number of hydrogen-bond acceptors (Lipinski definition) is 3. The highest BCUT2D eigenvalue weighted by atomic mass is 35.5. The molecule has 2 saturated heterocycles. The SMILES string of the molecule is Cl.O=C(NCc1ccccc1CN1CCCC1=O)C1CNC1. The Morgan fingerprint density at radius 1 is 1.27 bits per heavy atom. The number of carbonyl (C=O) groups is 2. The number of nitrogens with one attached hydrogen (secondary N) is 2. The molecule has 0 bridgehead atoms. The van der Waals surface area contributed by atoms with Crippen LogP contribution in [0, 0.1) is 5.92 Å². The Labute approximate surface area is 136 Å². The fourth-order valence-corrected chi connectivity index (χ4v) is 2.76. The minimum absolute atomic E-state index is 0. The largest absolute Gasteiger partial charge is 0.352 e. The molecule has 0 unspecified atom stereocenters. The van der Waals surface area contributed by atoms with Crippen molar-refractivity contribution in [1.29, 1.82) is 0 Å². The van der Waals surface area contributed by atoms with Gasteiger partial charge in [-0.05, 0) is 17.5 Å². The van der Waals surface area contributed by atoms with Gasteiger partial charge in [0.15, 0.2) is 0 Å². The summed E-state index contributed by atoms with van der Waals surface area (Å²) < 4.78 is 0. The molecule has 120 valence electrons. The molecule has 0 radical (unpaired) electrons. The van der Waals surface area contributed by atoms with Crippen molar-refractivity contribution in [2.24, 2.45) is 5.92 Å². The smallest absolute Gasteiger partial charge is 0.225 e. The molecule has 22 heavy (non-hydrogen) atoms. The van der Waals surface area contributed by atoms with E-state index in [4.69, 9.17) is 0 Å². The van der Waals surface area contributed by atoms with E-state index in [1.54, 1.807) is 0 Å². The zero-order valence-electron chi connectivity index (χ0n) is 12.5. The van der Waals surface area contributed by atoms with Gasteiger partial charge in [-0.1, -0.05) is 24.3 Å². The van der Waals surface area contributed by atoms with Gasteiger partial charge in [-0.15, -0.1) is 12.4 Å². The predicted molar refractivity (Wildman–Crippen MR) is 86.5 cm³/mol. The predicted octanol–water partition coefficient (Wildman–Crippen LogP) is 1.07. The van der Waals surface area contributed by atoms with Crippen molar-refractivity contribution in [3.8, 4) is 0 Å². The maximum atomic E-state index is 11.9. The minimum atomic E-state index is 0. The number of nitrogens with zero attached hydrogens (tertiary/aromatic N) is 1. The maximum absolute atomic E-state index is 11.9. The molecule has 2 aliphatic rings. The molecule has 5 nitrogen and oxygen atoms in total. The summed E-state index contributed by atoms with van der Waals surface area (Å²) in [5.41, 5.74) is 2.22. The van der Waals surface area contributed by atoms with Crippen LogP contribution in [0.3, 0.4) is 0 Å². The van der Waals surface area contributed by atoms with Crippen molar-refractivity contribution in [3.05, 3.63) is 35.4 Å². The van der Waals surface area contributed by atoms with Crippen molar-refractivity contribution >= 4 is 24.2 Å². The van der Waals surface area contributed by atoms with Crippen LogP contribution >= 0.6 is 12.4 Å². The molecule has 2 fully saturated rings. The van der Waals surface area contributed by atoms with Gasteiger partial charge in [-0.3, -0.25) is 9.59 Å². The van der Waals surface area contributed by atoms with Gasteiger partial charge in [0.25, 0.3) is 0 Å². The monoisotopic (exact) mass is 323 g/mol. The lowest BCUT2D eigenvalue weighted by Crippen LogP contribution is -2.50. The average Bonchev–Trinajstić information content (AvgIpc) is 2.81. The number of halogens is 1. The molecule has 1 aromatic rings. The van der Waals surface area contributed by atoms with E-state index in [-0.39, 0.29) is 30.1 Å². The summed E-state index contributed by atoms with van der Waals surface area (Å²) in [4.78, 5) is 25.5. The Bertz CT molecular complexity index is 546. The molecular formula is C16H22ClN3O2. The summed E-state index contributed by atoms with van der Waals surface area (Å²) in [6, 6.07) is 8.02. The van der Waals surface area contributed by atoms with Crippen molar-refractivity contribution in [3.63, 3.8) is 0 Å². The number of amides is 2. The van der Waals surface area contributed by atoms with E-state index in [2.05, 4.69) is 10.6 Å². The Morgan fingerprint density at radius 2 is 2.00 bits per heavy atom. The summed E-state index contributed by atoms with van der Waals surface area (Å²) in [5, 5.41) is 6.09. The van der Waals surface area contributed by atoms with Crippen molar-refractivity contribution in [2.45, 2.75) is 25.9 Å². The number of likely N-dealkylation sites (tertiary alicyclic amines) is 1. The highest BCUT2D eigenvalue weighted by Gasteiger charge is 2.25. The Kier molecular flexibility index (Phi) is 5.80. The van der Waals surface area contributed by atoms with Crippen molar-refractivity contribution < 1.29 is 9.59 Å². The van der Waals surface area contributed by atoms with E-state index >= 15 is 0 Å². The molecule has 2 amide bonds. The second-order valence-electron chi connectivity index (χ2n) is 5.76. The van der Waals surface area contributed by atoms with Gasteiger partial charge in [0.1, 0.15) is 0 Å². The van der Waals surface area contributed by atoms with Crippen LogP contribution in [-0.2, 0) is 22.7 Å². The van der Waals surface area contributed by atoms with Crippen molar-refractivity contribution in [2.75, 3.05) is 19.6 Å². The van der Waals surface area contributed by atoms with Crippen LogP contribution in [0.5, 0.6) is 0 Å². The molecule has 0 aromatic heterocycles. The van der Waals surface area contributed by atoms with Crippen LogP contribution in [0.1, 0.15) is 24.0 Å². The fourth-order valence-electron chi connectivity index (χ4n) is 2.76. The average molecular weight is 324 g/mol. The first-order chi connectivity index (χ1) is 10.2. The van der Waals surface area contributed by atoms with E-state index in [0.717, 1.165) is 37.2 Å². The third-order valence-electron chi connectivity index (χ3n) is 4.26. The second kappa shape index (κ2) is 7.61. The third kappa shape index (κ3) is 3.78. The van der Waals surface area contributed by atoms with Gasteiger partial charge < -0.3 is 15.5 Å². The highest BCUT2D eigenvalue weighted by Crippen LogP contribution is 2.17. The second-order valence-corrected chi connectivity index (χ2v) is 5.76. The zero-order valence-corrected chi connectivity index (χ0v) is 13.3. The molecule has 0 spiro atoms. The molecule has 0 saturated carbocycles. The van der Waals surface area contributed by atoms with E-state index in [0.29, 0.717) is 19.5 Å². The highest BCUT2D eigenvalue weighted by molar-refractivity contribution is 5.85. The molecular weight excluding hydrogens is 302 g/mol. The molecule has 2 heterocycles. The summed E-state index contributed by atoms with van der Waals surface area (Å²) in [6.45, 7) is 3.57. The first kappa shape index (κ1) is 16.8. The first-order valence-corrected chi connectivity index (χ1v) is 7.57. The lowest BCUT2D eigenvalue weighted by molar-refractivity contribution is -0.128. The van der Waals surface area contributed by atoms with Gasteiger partial charge >= 0.3 is 0 Å². The number of benzene rings is 1. The summed E-state index contributed by atoms with van der Waals surface area (Å²) in [5.74, 6) is 0.451. The summed E-state index contributed by atoms with van der Waals surface area (Å²) in [6.07, 6.45) is 1.61. The molecule has 2 N–H and O–H groups in total. The van der Waals surface area contributed by atoms with Crippen LogP contribution in [-0.4, -0.2) is 36.3 Å². The minimum Gasteiger partial charge on any atom is -0.352 e. The van der Waals surface area contributed by atoms with E-state index in [9.17, 15) is 9.59 Å². The van der Waals surface area contributed by atoms with Crippen LogP contribution in [0.15, 0.2) is 24.3 Å². The van der Waals surface area contributed by atoms with Crippen molar-refractivity contribution in [1.82, 2.24) is 15.5 Å². The molecule has 2 aliphatic heterocycles. The molecule has 0 atom stereocenters. The van der Waals surface area contributed by atoms with E-state index in [1.165, 1.54) is 0 Å². The lowest BCUT2D eigenvalue weighted by atomic mass is 10.0. The first-order valence-electron chi connectivity index (χ1n) is 7.57. The number of carbonyl (C=O) groups excluding carboxylic acids is 2. The van der Waals surface area contributed by atoms with Gasteiger partial charge in [0, 0.05) is 39.1 Å². The topological polar surface area (TPSA) is 61.4 Å². The molecule has 3 rings (SSSR count). The Morgan fingerprint density at radius 3 is 2.59 bits per heavy atom. The van der Waals surface area contributed by atoms with Gasteiger partial charge in [0.2, 0.25) is 11.8 Å². The van der Waals surface area contributed by atoms with Crippen LogP contribution in [0.4, 0.5) is 0 Å². The van der Waals surface area contributed by atoms with Crippen LogP contribution in [0.25, 0.3) is 0 Å². The molecule has 6 heteroatoms. The van der Waals surface area contributed by atoms with E-state index in [1.807, 2.05) is 29.2 Å². The summed E-state index contributed by atoms with van der Waals surface area (Å²) in [7, 11) is 0. The number of hydrogen-bond donors (Lipinski definition) is 2. The zero-order chi connectivity index (χ0) is 14.7. The fraction of sp³-hybridized carbons (Fsp3) is 0.500. The van der Waals surface area contributed by atoms with E-state index < -0.39 is 0 Å². The Hall–Kier alpha value is -1.59. The molecule has 0 aliphatic carbocycles. The maximum Gasteiger partial charge on any atom is 0.225 e. The van der Waals surface area contributed by atoms with Gasteiger partial charge in [0.05, 0.1) is 5.92 Å². The normalized spacial score (nSPS) is 17.8. The lowest BCUT2D eigenvalue weighted by Gasteiger charge is -2.26. The third-order valence-corrected chi connectivity index (χ3v) is 4.26. The van der Waals surface area contributed by atoms with Gasteiger partial charge in [-0.2, -0.15) is 0 Å². The van der Waals surface area contributed by atoms with Crippen LogP contribution < -0.4 is 10.6 Å². The Balaban J connectivity index is 0.00000176. The van der Waals surface area contributed by atoms with Crippen LogP contribution in [0.2, 0.25) is 0 Å². The van der Waals surface area contributed by atoms with Gasteiger partial charge in [-0.25, -0.2) is 0 Å². The number of rotatable bonds is 5. The quantitative estimate of drug-likeness (QED) is 0.852. The summed E-state index contributed by atoms with van der Waals surface area (Å²) >= 11 is 0.